The summed E-state index contributed by atoms with van der Waals surface area (Å²) >= 11 is 0. The second-order valence-electron chi connectivity index (χ2n) is 6.50. The molecule has 1 aliphatic rings. The van der Waals surface area contributed by atoms with Crippen molar-refractivity contribution in [3.05, 3.63) is 58.1 Å². The van der Waals surface area contributed by atoms with Gasteiger partial charge in [0.1, 0.15) is 0 Å². The summed E-state index contributed by atoms with van der Waals surface area (Å²) in [5.74, 6) is -0.510. The summed E-state index contributed by atoms with van der Waals surface area (Å²) in [6.07, 6.45) is 0.678. The molecular weight excluding hydrogens is 340 g/mol. The topological polar surface area (TPSA) is 72.5 Å². The highest BCUT2D eigenvalue weighted by Crippen LogP contribution is 2.37. The number of anilines is 1. The molecule has 2 heterocycles. The Kier molecular flexibility index (Phi) is 3.34. The number of aryl methyl sites for hydroxylation is 2. The van der Waals surface area contributed by atoms with Crippen LogP contribution < -0.4 is 10.1 Å². The zero-order valence-corrected chi connectivity index (χ0v) is 15.0. The van der Waals surface area contributed by atoms with Crippen molar-refractivity contribution in [3.63, 3.8) is 0 Å². The first-order chi connectivity index (χ1) is 11.8. The predicted octanol–water partition coefficient (Wildman–Crippen LogP) is 2.58. The van der Waals surface area contributed by atoms with Crippen LogP contribution in [0.15, 0.2) is 50.5 Å². The zero-order valence-electron chi connectivity index (χ0n) is 14.2. The maximum absolute atomic E-state index is 13.4. The molecule has 6 nitrogen and oxygen atoms in total. The normalized spacial score (nSPS) is 17.2. The van der Waals surface area contributed by atoms with Crippen LogP contribution in [0.3, 0.4) is 0 Å². The highest BCUT2D eigenvalue weighted by Gasteiger charge is 2.37. The highest BCUT2D eigenvalue weighted by molar-refractivity contribution is 7.93. The van der Waals surface area contributed by atoms with E-state index in [4.69, 9.17) is 4.42 Å². The average Bonchev–Trinajstić information content (AvgIpc) is 3.04. The molecule has 130 valence electrons. The number of fused-ring (bicyclic) bond motifs is 2. The lowest BCUT2D eigenvalue weighted by Gasteiger charge is -2.25. The molecule has 0 spiro atoms. The fraction of sp³-hybridized carbons (Fsp3) is 0.278. The lowest BCUT2D eigenvalue weighted by molar-refractivity contribution is 0.527. The number of hydrogen-bond acceptors (Lipinski definition) is 4. The number of aromatic nitrogens is 1. The first-order valence-electron chi connectivity index (χ1n) is 8.03. The van der Waals surface area contributed by atoms with E-state index in [0.717, 1.165) is 5.56 Å². The smallest absolute Gasteiger partial charge is 0.408 e. The summed E-state index contributed by atoms with van der Waals surface area (Å²) in [7, 11) is -2.17. The fourth-order valence-corrected chi connectivity index (χ4v) is 5.47. The highest BCUT2D eigenvalue weighted by atomic mass is 32.2. The van der Waals surface area contributed by atoms with Gasteiger partial charge in [-0.25, -0.2) is 13.2 Å². The van der Waals surface area contributed by atoms with E-state index in [1.54, 1.807) is 20.0 Å². The summed E-state index contributed by atoms with van der Waals surface area (Å²) in [6, 6.07) is 10.5. The Morgan fingerprint density at radius 1 is 1.20 bits per heavy atom. The third-order valence-electron chi connectivity index (χ3n) is 4.77. The molecular formula is C18H18N2O4S. The van der Waals surface area contributed by atoms with Crippen LogP contribution in [0.25, 0.3) is 11.1 Å². The Hall–Kier alpha value is -2.54. The van der Waals surface area contributed by atoms with Gasteiger partial charge >= 0.3 is 5.76 Å². The van der Waals surface area contributed by atoms with E-state index in [9.17, 15) is 13.2 Å². The largest absolute Gasteiger partial charge is 0.419 e. The van der Waals surface area contributed by atoms with Crippen LogP contribution in [0.4, 0.5) is 5.69 Å². The number of hydrogen-bond donors (Lipinski definition) is 0. The molecule has 7 heteroatoms. The third kappa shape index (κ3) is 2.22. The van der Waals surface area contributed by atoms with E-state index in [0.29, 0.717) is 23.2 Å². The number of sulfonamides is 1. The molecule has 1 atom stereocenters. The number of rotatable bonds is 2. The van der Waals surface area contributed by atoms with Crippen molar-refractivity contribution in [2.24, 2.45) is 7.05 Å². The van der Waals surface area contributed by atoms with Gasteiger partial charge in [-0.2, -0.15) is 0 Å². The molecule has 0 saturated heterocycles. The Balaban J connectivity index is 1.93. The maximum Gasteiger partial charge on any atom is 0.419 e. The molecule has 3 aromatic rings. The van der Waals surface area contributed by atoms with Crippen molar-refractivity contribution >= 4 is 26.8 Å². The molecule has 0 N–H and O–H groups in total. The molecule has 0 amide bonds. The lowest BCUT2D eigenvalue weighted by atomic mass is 10.1. The Morgan fingerprint density at radius 3 is 2.68 bits per heavy atom. The van der Waals surface area contributed by atoms with Crippen LogP contribution in [0.1, 0.15) is 18.1 Å². The monoisotopic (exact) mass is 358 g/mol. The van der Waals surface area contributed by atoms with Gasteiger partial charge in [0.15, 0.2) is 5.58 Å². The molecule has 2 aromatic carbocycles. The van der Waals surface area contributed by atoms with Gasteiger partial charge in [0.05, 0.1) is 16.1 Å². The lowest BCUT2D eigenvalue weighted by Crippen LogP contribution is -2.36. The van der Waals surface area contributed by atoms with Crippen LogP contribution in [0.5, 0.6) is 0 Å². The van der Waals surface area contributed by atoms with Crippen molar-refractivity contribution in [2.75, 3.05) is 4.31 Å². The molecule has 25 heavy (non-hydrogen) atoms. The summed E-state index contributed by atoms with van der Waals surface area (Å²) in [5.41, 5.74) is 3.17. The molecule has 0 radical (unpaired) electrons. The van der Waals surface area contributed by atoms with Gasteiger partial charge in [-0.05, 0) is 43.5 Å². The molecule has 0 aliphatic carbocycles. The number of oxazole rings is 1. The van der Waals surface area contributed by atoms with Crippen molar-refractivity contribution in [1.29, 1.82) is 0 Å². The van der Waals surface area contributed by atoms with Gasteiger partial charge in [0, 0.05) is 19.2 Å². The van der Waals surface area contributed by atoms with E-state index in [2.05, 4.69) is 0 Å². The first-order valence-corrected chi connectivity index (χ1v) is 9.47. The van der Waals surface area contributed by atoms with E-state index >= 15 is 0 Å². The number of para-hydroxylation sites is 1. The summed E-state index contributed by atoms with van der Waals surface area (Å²) in [5, 5.41) is 0. The molecule has 1 unspecified atom stereocenters. The molecule has 0 saturated carbocycles. The van der Waals surface area contributed by atoms with Crippen LogP contribution in [-0.2, 0) is 23.5 Å². The van der Waals surface area contributed by atoms with E-state index < -0.39 is 15.8 Å². The minimum absolute atomic E-state index is 0.165. The minimum Gasteiger partial charge on any atom is -0.408 e. The molecule has 0 fully saturated rings. The van der Waals surface area contributed by atoms with Crippen molar-refractivity contribution < 1.29 is 12.8 Å². The SMILES string of the molecule is Cc1cc2c(cc1S(=O)(=O)N1c3ccccc3CC1C)oc(=O)n2C. The maximum atomic E-state index is 13.4. The Labute approximate surface area is 145 Å². The zero-order chi connectivity index (χ0) is 17.9. The number of nitrogens with zero attached hydrogens (tertiary/aromatic N) is 2. The Bertz CT molecular complexity index is 1160. The van der Waals surface area contributed by atoms with Crippen LogP contribution >= 0.6 is 0 Å². The standard InChI is InChI=1S/C18H18N2O4S/c1-11-8-15-16(24-18(21)19(15)3)10-17(11)25(22,23)20-12(2)9-13-6-4-5-7-14(13)20/h4-8,10,12H,9H2,1-3H3. The van der Waals surface area contributed by atoms with E-state index in [-0.39, 0.29) is 16.5 Å². The third-order valence-corrected chi connectivity index (χ3v) is 6.84. The summed E-state index contributed by atoms with van der Waals surface area (Å²) < 4.78 is 34.7. The van der Waals surface area contributed by atoms with Crippen LogP contribution in [0.2, 0.25) is 0 Å². The van der Waals surface area contributed by atoms with Gasteiger partial charge in [-0.15, -0.1) is 0 Å². The van der Waals surface area contributed by atoms with Gasteiger partial charge in [0.2, 0.25) is 0 Å². The van der Waals surface area contributed by atoms with E-state index in [1.165, 1.54) is 14.9 Å². The Morgan fingerprint density at radius 2 is 1.92 bits per heavy atom. The number of benzene rings is 2. The predicted molar refractivity (Wildman–Crippen MR) is 95.5 cm³/mol. The molecule has 1 aromatic heterocycles. The molecule has 0 bridgehead atoms. The summed E-state index contributed by atoms with van der Waals surface area (Å²) in [6.45, 7) is 3.63. The van der Waals surface area contributed by atoms with Gasteiger partial charge in [-0.3, -0.25) is 8.87 Å². The van der Waals surface area contributed by atoms with Crippen molar-refractivity contribution in [3.8, 4) is 0 Å². The van der Waals surface area contributed by atoms with Gasteiger partial charge < -0.3 is 4.42 Å². The average molecular weight is 358 g/mol. The molecule has 1 aliphatic heterocycles. The summed E-state index contributed by atoms with van der Waals surface area (Å²) in [4.78, 5) is 11.9. The molecule has 4 rings (SSSR count). The van der Waals surface area contributed by atoms with Crippen molar-refractivity contribution in [2.45, 2.75) is 31.2 Å². The second kappa shape index (κ2) is 5.23. The van der Waals surface area contributed by atoms with Gasteiger partial charge in [-0.1, -0.05) is 18.2 Å². The van der Waals surface area contributed by atoms with Crippen molar-refractivity contribution in [1.82, 2.24) is 4.57 Å². The first kappa shape index (κ1) is 16.0. The quantitative estimate of drug-likeness (QED) is 0.706. The van der Waals surface area contributed by atoms with Crippen LogP contribution in [0, 0.1) is 6.92 Å². The second-order valence-corrected chi connectivity index (χ2v) is 8.28. The van der Waals surface area contributed by atoms with Crippen LogP contribution in [-0.4, -0.2) is 19.0 Å². The minimum atomic E-state index is -3.76. The fourth-order valence-electron chi connectivity index (χ4n) is 3.55. The van der Waals surface area contributed by atoms with E-state index in [1.807, 2.05) is 31.2 Å². The van der Waals surface area contributed by atoms with Gasteiger partial charge in [0.25, 0.3) is 10.0 Å².